The van der Waals surface area contributed by atoms with Crippen LogP contribution in [0.3, 0.4) is 0 Å². The minimum atomic E-state index is -0.926. The molecule has 2 heterocycles. The standard InChI is InChI=1S/C12H14N2O2S/c1-14(5-4-10-3-2-6-17-10)11(15)12(7-13)8-16-9-12/h2-3,6H,4-5,8-9H2,1H3. The maximum Gasteiger partial charge on any atom is 0.247 e. The molecule has 0 bridgehead atoms. The number of rotatable bonds is 4. The molecule has 5 heteroatoms. The average molecular weight is 250 g/mol. The predicted molar refractivity (Wildman–Crippen MR) is 64.5 cm³/mol. The molecule has 0 unspecified atom stereocenters. The Labute approximate surface area is 104 Å². The van der Waals surface area contributed by atoms with Crippen LogP contribution in [0, 0.1) is 16.7 Å². The van der Waals surface area contributed by atoms with Crippen LogP contribution in [0.4, 0.5) is 0 Å². The fourth-order valence-electron chi connectivity index (χ4n) is 1.74. The number of hydrogen-bond donors (Lipinski definition) is 0. The third-order valence-electron chi connectivity index (χ3n) is 2.94. The summed E-state index contributed by atoms with van der Waals surface area (Å²) in [4.78, 5) is 14.9. The normalized spacial score (nSPS) is 16.9. The predicted octanol–water partition coefficient (Wildman–Crippen LogP) is 1.29. The largest absolute Gasteiger partial charge is 0.377 e. The van der Waals surface area contributed by atoms with Crippen molar-refractivity contribution in [2.45, 2.75) is 6.42 Å². The van der Waals surface area contributed by atoms with Gasteiger partial charge in [-0.15, -0.1) is 11.3 Å². The number of ether oxygens (including phenoxy) is 1. The van der Waals surface area contributed by atoms with Crippen LogP contribution in [0.25, 0.3) is 0 Å². The molecule has 2 rings (SSSR count). The molecular formula is C12H14N2O2S. The molecule has 0 aromatic carbocycles. The molecule has 0 radical (unpaired) electrons. The van der Waals surface area contributed by atoms with E-state index in [0.717, 1.165) is 6.42 Å². The van der Waals surface area contributed by atoms with Crippen LogP contribution in [0.2, 0.25) is 0 Å². The molecular weight excluding hydrogens is 236 g/mol. The smallest absolute Gasteiger partial charge is 0.247 e. The maximum atomic E-state index is 12.1. The number of thiophene rings is 1. The van der Waals surface area contributed by atoms with Gasteiger partial charge in [0.05, 0.1) is 19.3 Å². The zero-order chi connectivity index (χ0) is 12.3. The van der Waals surface area contributed by atoms with Gasteiger partial charge in [0.15, 0.2) is 5.41 Å². The molecule has 1 saturated heterocycles. The summed E-state index contributed by atoms with van der Waals surface area (Å²) in [5.41, 5.74) is -0.926. The second kappa shape index (κ2) is 4.86. The summed E-state index contributed by atoms with van der Waals surface area (Å²) < 4.78 is 4.98. The number of nitriles is 1. The summed E-state index contributed by atoms with van der Waals surface area (Å²) in [7, 11) is 1.74. The first kappa shape index (κ1) is 12.1. The molecule has 0 saturated carbocycles. The van der Waals surface area contributed by atoms with Gasteiger partial charge in [-0.1, -0.05) is 6.07 Å². The zero-order valence-electron chi connectivity index (χ0n) is 9.68. The molecule has 1 aromatic rings. The van der Waals surface area contributed by atoms with Crippen LogP contribution < -0.4 is 0 Å². The third-order valence-corrected chi connectivity index (χ3v) is 3.88. The molecule has 4 nitrogen and oxygen atoms in total. The van der Waals surface area contributed by atoms with E-state index in [4.69, 9.17) is 10.00 Å². The van der Waals surface area contributed by atoms with Crippen molar-refractivity contribution in [3.8, 4) is 6.07 Å². The quantitative estimate of drug-likeness (QED) is 0.809. The van der Waals surface area contributed by atoms with E-state index < -0.39 is 5.41 Å². The number of hydrogen-bond acceptors (Lipinski definition) is 4. The molecule has 1 fully saturated rings. The van der Waals surface area contributed by atoms with Gasteiger partial charge in [0.25, 0.3) is 0 Å². The highest BCUT2D eigenvalue weighted by Crippen LogP contribution is 2.28. The van der Waals surface area contributed by atoms with Crippen LogP contribution >= 0.6 is 11.3 Å². The minimum Gasteiger partial charge on any atom is -0.377 e. The number of carbonyl (C=O) groups excluding carboxylic acids is 1. The van der Waals surface area contributed by atoms with Gasteiger partial charge >= 0.3 is 0 Å². The highest BCUT2D eigenvalue weighted by Gasteiger charge is 2.47. The molecule has 1 aliphatic rings. The van der Waals surface area contributed by atoms with Crippen molar-refractivity contribution in [3.05, 3.63) is 22.4 Å². The van der Waals surface area contributed by atoms with Crippen LogP contribution in [0.5, 0.6) is 0 Å². The summed E-state index contributed by atoms with van der Waals surface area (Å²) in [5.74, 6) is -0.122. The Kier molecular flexibility index (Phi) is 3.46. The summed E-state index contributed by atoms with van der Waals surface area (Å²) in [6.07, 6.45) is 0.836. The Balaban J connectivity index is 1.90. The lowest BCUT2D eigenvalue weighted by Crippen LogP contribution is -2.53. The minimum absolute atomic E-state index is 0.122. The molecule has 1 aromatic heterocycles. The van der Waals surface area contributed by atoms with E-state index in [-0.39, 0.29) is 19.1 Å². The van der Waals surface area contributed by atoms with Gasteiger partial charge in [-0.3, -0.25) is 4.79 Å². The van der Waals surface area contributed by atoms with Gasteiger partial charge in [0.2, 0.25) is 5.91 Å². The number of carbonyl (C=O) groups is 1. The molecule has 1 aliphatic heterocycles. The highest BCUT2D eigenvalue weighted by atomic mass is 32.1. The number of amides is 1. The number of likely N-dealkylation sites (N-methyl/N-ethyl adjacent to an activating group) is 1. The van der Waals surface area contributed by atoms with E-state index >= 15 is 0 Å². The van der Waals surface area contributed by atoms with E-state index in [1.165, 1.54) is 4.88 Å². The first-order valence-electron chi connectivity index (χ1n) is 5.45. The Morgan fingerprint density at radius 3 is 2.94 bits per heavy atom. The summed E-state index contributed by atoms with van der Waals surface area (Å²) in [6, 6.07) is 6.12. The Morgan fingerprint density at radius 2 is 2.47 bits per heavy atom. The summed E-state index contributed by atoms with van der Waals surface area (Å²) in [6.45, 7) is 1.10. The van der Waals surface area contributed by atoms with Crippen LogP contribution in [-0.2, 0) is 16.0 Å². The molecule has 0 aliphatic carbocycles. The SMILES string of the molecule is CN(CCc1cccs1)C(=O)C1(C#N)COC1. The van der Waals surface area contributed by atoms with E-state index in [0.29, 0.717) is 6.54 Å². The van der Waals surface area contributed by atoms with Gasteiger partial charge < -0.3 is 9.64 Å². The van der Waals surface area contributed by atoms with E-state index in [9.17, 15) is 4.79 Å². The van der Waals surface area contributed by atoms with Crippen molar-refractivity contribution in [2.24, 2.45) is 5.41 Å². The summed E-state index contributed by atoms with van der Waals surface area (Å²) in [5, 5.41) is 11.1. The average Bonchev–Trinajstić information content (AvgIpc) is 2.77. The zero-order valence-corrected chi connectivity index (χ0v) is 10.5. The second-order valence-corrected chi connectivity index (χ2v) is 5.28. The molecule has 17 heavy (non-hydrogen) atoms. The molecule has 0 N–H and O–H groups in total. The molecule has 90 valence electrons. The lowest BCUT2D eigenvalue weighted by Gasteiger charge is -2.36. The summed E-state index contributed by atoms with van der Waals surface area (Å²) >= 11 is 1.68. The van der Waals surface area contributed by atoms with Crippen LogP contribution in [0.15, 0.2) is 17.5 Å². The molecule has 0 spiro atoms. The fourth-order valence-corrected chi connectivity index (χ4v) is 2.44. The molecule has 1 amide bonds. The van der Waals surface area contributed by atoms with E-state index in [1.54, 1.807) is 23.3 Å². The van der Waals surface area contributed by atoms with Crippen molar-refractivity contribution >= 4 is 17.2 Å². The topological polar surface area (TPSA) is 53.3 Å². The van der Waals surface area contributed by atoms with Crippen molar-refractivity contribution in [1.82, 2.24) is 4.90 Å². The lowest BCUT2D eigenvalue weighted by molar-refractivity contribution is -0.159. The van der Waals surface area contributed by atoms with Crippen LogP contribution in [-0.4, -0.2) is 37.6 Å². The highest BCUT2D eigenvalue weighted by molar-refractivity contribution is 7.09. The Bertz CT molecular complexity index is 432. The Hall–Kier alpha value is -1.38. The Morgan fingerprint density at radius 1 is 1.71 bits per heavy atom. The second-order valence-electron chi connectivity index (χ2n) is 4.24. The maximum absolute atomic E-state index is 12.1. The third kappa shape index (κ3) is 2.33. The van der Waals surface area contributed by atoms with Gasteiger partial charge in [0, 0.05) is 18.5 Å². The van der Waals surface area contributed by atoms with Crippen molar-refractivity contribution in [3.63, 3.8) is 0 Å². The first-order valence-corrected chi connectivity index (χ1v) is 6.33. The van der Waals surface area contributed by atoms with E-state index in [2.05, 4.69) is 12.1 Å². The van der Waals surface area contributed by atoms with Gasteiger partial charge in [0.1, 0.15) is 0 Å². The first-order chi connectivity index (χ1) is 8.18. The fraction of sp³-hybridized carbons (Fsp3) is 0.500. The van der Waals surface area contributed by atoms with Crippen molar-refractivity contribution in [1.29, 1.82) is 5.26 Å². The molecule has 0 atom stereocenters. The van der Waals surface area contributed by atoms with Gasteiger partial charge in [-0.05, 0) is 17.9 Å². The number of nitrogens with zero attached hydrogens (tertiary/aromatic N) is 2. The lowest BCUT2D eigenvalue weighted by atomic mass is 9.86. The van der Waals surface area contributed by atoms with Gasteiger partial charge in [-0.25, -0.2) is 0 Å². The monoisotopic (exact) mass is 250 g/mol. The van der Waals surface area contributed by atoms with E-state index in [1.807, 2.05) is 11.4 Å². The van der Waals surface area contributed by atoms with Crippen LogP contribution in [0.1, 0.15) is 4.88 Å². The van der Waals surface area contributed by atoms with Crippen molar-refractivity contribution in [2.75, 3.05) is 26.8 Å². The van der Waals surface area contributed by atoms with Gasteiger partial charge in [-0.2, -0.15) is 5.26 Å². The van der Waals surface area contributed by atoms with Crippen molar-refractivity contribution < 1.29 is 9.53 Å².